The van der Waals surface area contributed by atoms with E-state index in [0.29, 0.717) is 19.6 Å². The third kappa shape index (κ3) is 3.53. The molecule has 2 heterocycles. The molecule has 0 bridgehead atoms. The van der Waals surface area contributed by atoms with Crippen molar-refractivity contribution < 1.29 is 17.9 Å². The quantitative estimate of drug-likeness (QED) is 0.803. The highest BCUT2D eigenvalue weighted by Gasteiger charge is 2.47. The molecule has 0 aromatic heterocycles. The number of methoxy groups -OCH3 is 1. The van der Waals surface area contributed by atoms with Crippen molar-refractivity contribution in [1.29, 1.82) is 0 Å². The van der Waals surface area contributed by atoms with Crippen LogP contribution in [0.25, 0.3) is 0 Å². The Morgan fingerprint density at radius 3 is 2.52 bits per heavy atom. The molecule has 1 amide bonds. The summed E-state index contributed by atoms with van der Waals surface area (Å²) < 4.78 is 30.0. The minimum Gasteiger partial charge on any atom is -0.496 e. The Morgan fingerprint density at radius 1 is 1.20 bits per heavy atom. The van der Waals surface area contributed by atoms with Gasteiger partial charge in [0, 0.05) is 38.2 Å². The van der Waals surface area contributed by atoms with E-state index >= 15 is 0 Å². The Balaban J connectivity index is 1.90. The third-order valence-electron chi connectivity index (χ3n) is 5.27. The molecule has 0 spiro atoms. The van der Waals surface area contributed by atoms with Crippen LogP contribution in [-0.2, 0) is 21.2 Å². The van der Waals surface area contributed by atoms with E-state index in [-0.39, 0.29) is 29.5 Å². The first-order valence-electron chi connectivity index (χ1n) is 8.57. The molecule has 2 fully saturated rings. The minimum absolute atomic E-state index is 0.0456. The van der Waals surface area contributed by atoms with Gasteiger partial charge in [-0.15, -0.1) is 0 Å². The normalized spacial score (nSPS) is 25.7. The summed E-state index contributed by atoms with van der Waals surface area (Å²) in [4.78, 5) is 15.8. The fourth-order valence-electron chi connectivity index (χ4n) is 4.28. The molecule has 1 aromatic carbocycles. The predicted molar refractivity (Wildman–Crippen MR) is 96.5 cm³/mol. The summed E-state index contributed by atoms with van der Waals surface area (Å²) in [6, 6.07) is 3.79. The Labute approximate surface area is 149 Å². The second-order valence-electron chi connectivity index (χ2n) is 7.17. The Hall–Kier alpha value is -1.60. The molecular weight excluding hydrogens is 340 g/mol. The fraction of sp³-hybridized carbons (Fsp3) is 0.611. The summed E-state index contributed by atoms with van der Waals surface area (Å²) in [5.41, 5.74) is 3.31. The average molecular weight is 366 g/mol. The summed E-state index contributed by atoms with van der Waals surface area (Å²) >= 11 is 0. The van der Waals surface area contributed by atoms with Crippen molar-refractivity contribution in [2.45, 2.75) is 39.4 Å². The van der Waals surface area contributed by atoms with Gasteiger partial charge in [0.2, 0.25) is 5.91 Å². The van der Waals surface area contributed by atoms with E-state index in [4.69, 9.17) is 4.74 Å². The van der Waals surface area contributed by atoms with Crippen molar-refractivity contribution in [1.82, 2.24) is 9.80 Å². The van der Waals surface area contributed by atoms with E-state index in [1.807, 2.05) is 13.8 Å². The SMILES string of the molecule is COc1c(C)cc(C)cc1CN1CCN(C(C)=O)[C@@H]2CS(=O)(=O)C[C@@H]21. The molecule has 138 valence electrons. The highest BCUT2D eigenvalue weighted by atomic mass is 32.2. The van der Waals surface area contributed by atoms with Gasteiger partial charge in [0.15, 0.2) is 9.84 Å². The molecule has 2 aliphatic rings. The van der Waals surface area contributed by atoms with Gasteiger partial charge < -0.3 is 9.64 Å². The Kier molecular flexibility index (Phi) is 4.81. The van der Waals surface area contributed by atoms with Gasteiger partial charge in [-0.05, 0) is 19.4 Å². The molecule has 0 aliphatic carbocycles. The maximum absolute atomic E-state index is 12.2. The lowest BCUT2D eigenvalue weighted by molar-refractivity contribution is -0.134. The summed E-state index contributed by atoms with van der Waals surface area (Å²) in [7, 11) is -1.45. The largest absolute Gasteiger partial charge is 0.496 e. The monoisotopic (exact) mass is 366 g/mol. The molecule has 6 nitrogen and oxygen atoms in total. The maximum Gasteiger partial charge on any atom is 0.219 e. The van der Waals surface area contributed by atoms with Gasteiger partial charge in [-0.2, -0.15) is 0 Å². The van der Waals surface area contributed by atoms with Gasteiger partial charge >= 0.3 is 0 Å². The van der Waals surface area contributed by atoms with Crippen LogP contribution in [0.1, 0.15) is 23.6 Å². The molecule has 0 N–H and O–H groups in total. The van der Waals surface area contributed by atoms with E-state index in [2.05, 4.69) is 17.0 Å². The molecule has 0 radical (unpaired) electrons. The van der Waals surface area contributed by atoms with Crippen molar-refractivity contribution in [3.8, 4) is 5.75 Å². The van der Waals surface area contributed by atoms with Gasteiger partial charge in [-0.3, -0.25) is 9.69 Å². The molecule has 1 aromatic rings. The standard InChI is InChI=1S/C18H26N2O4S/c1-12-7-13(2)18(24-4)15(8-12)9-19-5-6-20(14(3)21)17-11-25(22,23)10-16(17)19/h7-8,16-17H,5-6,9-11H2,1-4H3/t16-,17+/m0/s1. The average Bonchev–Trinajstić information content (AvgIpc) is 2.82. The minimum atomic E-state index is -3.12. The van der Waals surface area contributed by atoms with Gasteiger partial charge in [-0.1, -0.05) is 17.7 Å². The smallest absolute Gasteiger partial charge is 0.219 e. The zero-order valence-electron chi connectivity index (χ0n) is 15.3. The predicted octanol–water partition coefficient (Wildman–Crippen LogP) is 1.14. The zero-order chi connectivity index (χ0) is 18.4. The van der Waals surface area contributed by atoms with Crippen LogP contribution in [0.3, 0.4) is 0 Å². The molecule has 2 saturated heterocycles. The number of rotatable bonds is 3. The van der Waals surface area contributed by atoms with E-state index < -0.39 is 9.84 Å². The number of amides is 1. The van der Waals surface area contributed by atoms with E-state index in [9.17, 15) is 13.2 Å². The van der Waals surface area contributed by atoms with Gasteiger partial charge in [0.1, 0.15) is 5.75 Å². The number of aryl methyl sites for hydroxylation is 2. The first-order chi connectivity index (χ1) is 11.7. The number of carbonyl (C=O) groups is 1. The molecular formula is C18H26N2O4S. The number of nitrogens with zero attached hydrogens (tertiary/aromatic N) is 2. The number of carbonyl (C=O) groups excluding carboxylic acids is 1. The summed E-state index contributed by atoms with van der Waals surface area (Å²) in [6.07, 6.45) is 0. The molecule has 2 aliphatic heterocycles. The molecule has 7 heteroatoms. The number of benzene rings is 1. The van der Waals surface area contributed by atoms with Crippen LogP contribution in [0.5, 0.6) is 5.75 Å². The molecule has 3 rings (SSSR count). The van der Waals surface area contributed by atoms with Crippen LogP contribution in [0.4, 0.5) is 0 Å². The zero-order valence-corrected chi connectivity index (χ0v) is 16.1. The van der Waals surface area contributed by atoms with Crippen molar-refractivity contribution in [2.24, 2.45) is 0 Å². The lowest BCUT2D eigenvalue weighted by Crippen LogP contribution is -2.59. The van der Waals surface area contributed by atoms with Crippen molar-refractivity contribution in [2.75, 3.05) is 31.7 Å². The van der Waals surface area contributed by atoms with E-state index in [1.165, 1.54) is 6.92 Å². The number of hydrogen-bond donors (Lipinski definition) is 0. The third-order valence-corrected chi connectivity index (χ3v) is 6.97. The number of ether oxygens (including phenoxy) is 1. The number of piperazine rings is 1. The Morgan fingerprint density at radius 2 is 1.88 bits per heavy atom. The number of fused-ring (bicyclic) bond motifs is 1. The lowest BCUT2D eigenvalue weighted by Gasteiger charge is -2.43. The van der Waals surface area contributed by atoms with Crippen LogP contribution in [0.2, 0.25) is 0 Å². The highest BCUT2D eigenvalue weighted by molar-refractivity contribution is 7.91. The second kappa shape index (κ2) is 6.61. The van der Waals surface area contributed by atoms with Crippen LogP contribution in [-0.4, -0.2) is 67.9 Å². The van der Waals surface area contributed by atoms with Gasteiger partial charge in [0.05, 0.1) is 24.7 Å². The van der Waals surface area contributed by atoms with E-state index in [1.54, 1.807) is 12.0 Å². The number of sulfone groups is 1. The van der Waals surface area contributed by atoms with Crippen LogP contribution >= 0.6 is 0 Å². The van der Waals surface area contributed by atoms with Crippen molar-refractivity contribution in [3.63, 3.8) is 0 Å². The van der Waals surface area contributed by atoms with Gasteiger partial charge in [0.25, 0.3) is 0 Å². The molecule has 0 unspecified atom stereocenters. The second-order valence-corrected chi connectivity index (χ2v) is 9.32. The van der Waals surface area contributed by atoms with Gasteiger partial charge in [-0.25, -0.2) is 8.42 Å². The Bertz CT molecular complexity index is 791. The maximum atomic E-state index is 12.2. The van der Waals surface area contributed by atoms with Crippen molar-refractivity contribution >= 4 is 15.7 Å². The summed E-state index contributed by atoms with van der Waals surface area (Å²) in [6.45, 7) is 7.46. The number of hydrogen-bond acceptors (Lipinski definition) is 5. The molecule has 2 atom stereocenters. The van der Waals surface area contributed by atoms with Crippen LogP contribution < -0.4 is 4.74 Å². The first kappa shape index (κ1) is 18.2. The summed E-state index contributed by atoms with van der Waals surface area (Å²) in [5.74, 6) is 1.000. The van der Waals surface area contributed by atoms with E-state index in [0.717, 1.165) is 22.4 Å². The molecule has 0 saturated carbocycles. The lowest BCUT2D eigenvalue weighted by atomic mass is 10.0. The molecule has 25 heavy (non-hydrogen) atoms. The van der Waals surface area contributed by atoms with Crippen LogP contribution in [0.15, 0.2) is 12.1 Å². The van der Waals surface area contributed by atoms with Crippen molar-refractivity contribution in [3.05, 3.63) is 28.8 Å². The topological polar surface area (TPSA) is 66.9 Å². The first-order valence-corrected chi connectivity index (χ1v) is 10.4. The highest BCUT2D eigenvalue weighted by Crippen LogP contribution is 2.31. The fourth-order valence-corrected chi connectivity index (χ4v) is 6.29. The summed E-state index contributed by atoms with van der Waals surface area (Å²) in [5, 5.41) is 0. The van der Waals surface area contributed by atoms with Crippen LogP contribution in [0, 0.1) is 13.8 Å².